The van der Waals surface area contributed by atoms with Crippen molar-refractivity contribution >= 4 is 54.9 Å². The molecule has 168 valence electrons. The maximum Gasteiger partial charge on any atom is 0.359 e. The third-order valence-electron chi connectivity index (χ3n) is 4.72. The second-order valence-corrected chi connectivity index (χ2v) is 8.76. The molecule has 33 heavy (non-hydrogen) atoms. The molecular formula is C23H17BrFN3O4S. The second-order valence-electron chi connectivity index (χ2n) is 6.97. The molecule has 0 unspecified atom stereocenters. The van der Waals surface area contributed by atoms with Crippen LogP contribution in [0.5, 0.6) is 0 Å². The summed E-state index contributed by atoms with van der Waals surface area (Å²) in [7, 11) is 0. The second kappa shape index (κ2) is 9.63. The van der Waals surface area contributed by atoms with E-state index < -0.39 is 17.3 Å². The fourth-order valence-corrected chi connectivity index (χ4v) is 4.43. The Hall–Kier alpha value is -3.37. The molecule has 0 aliphatic heterocycles. The SMILES string of the molecule is CCOC(=O)c1nn(-c2ccc(Br)cc2)c(=O)c2c(NC(=O)Cc3ccc(F)cc3)scc12. The number of carbonyl (C=O) groups excluding carboxylic acids is 2. The standard InChI is InChI=1S/C23H17BrFN3O4S/c1-2-32-23(31)20-17-12-33-21(26-18(29)11-13-3-7-15(25)8-4-13)19(17)22(30)28(27-20)16-9-5-14(24)6-10-16/h3-10,12H,2,11H2,1H3,(H,26,29). The molecule has 4 rings (SSSR count). The number of aromatic nitrogens is 2. The van der Waals surface area contributed by atoms with Crippen LogP contribution in [0.2, 0.25) is 0 Å². The van der Waals surface area contributed by atoms with Crippen LogP contribution in [0.3, 0.4) is 0 Å². The summed E-state index contributed by atoms with van der Waals surface area (Å²) < 4.78 is 20.2. The maximum absolute atomic E-state index is 13.4. The average Bonchev–Trinajstić information content (AvgIpc) is 3.20. The number of amides is 1. The number of anilines is 1. The molecule has 0 bridgehead atoms. The van der Waals surface area contributed by atoms with Gasteiger partial charge in [0.2, 0.25) is 5.91 Å². The van der Waals surface area contributed by atoms with E-state index in [0.29, 0.717) is 21.6 Å². The predicted octanol–water partition coefficient (Wildman–Crippen LogP) is 4.71. The van der Waals surface area contributed by atoms with E-state index in [2.05, 4.69) is 26.3 Å². The highest BCUT2D eigenvalue weighted by Crippen LogP contribution is 2.31. The van der Waals surface area contributed by atoms with Crippen LogP contribution in [0.4, 0.5) is 9.39 Å². The van der Waals surface area contributed by atoms with Gasteiger partial charge in [-0.05, 0) is 48.9 Å². The summed E-state index contributed by atoms with van der Waals surface area (Å²) in [6, 6.07) is 12.4. The molecule has 0 saturated heterocycles. The summed E-state index contributed by atoms with van der Waals surface area (Å²) in [5, 5.41) is 9.35. The van der Waals surface area contributed by atoms with E-state index >= 15 is 0 Å². The van der Waals surface area contributed by atoms with Gasteiger partial charge in [0.1, 0.15) is 10.8 Å². The number of carbonyl (C=O) groups is 2. The summed E-state index contributed by atoms with van der Waals surface area (Å²) in [6.07, 6.45) is -0.00358. The molecular weight excluding hydrogens is 513 g/mol. The van der Waals surface area contributed by atoms with Gasteiger partial charge in [0.15, 0.2) is 5.69 Å². The Labute approximate surface area is 199 Å². The van der Waals surface area contributed by atoms with Gasteiger partial charge in [-0.1, -0.05) is 28.1 Å². The van der Waals surface area contributed by atoms with Gasteiger partial charge in [0.05, 0.1) is 24.1 Å². The van der Waals surface area contributed by atoms with E-state index in [9.17, 15) is 18.8 Å². The number of rotatable bonds is 6. The van der Waals surface area contributed by atoms with Crippen LogP contribution in [0.1, 0.15) is 23.0 Å². The summed E-state index contributed by atoms with van der Waals surface area (Å²) in [6.45, 7) is 1.82. The van der Waals surface area contributed by atoms with Gasteiger partial charge in [-0.25, -0.2) is 9.18 Å². The first-order chi connectivity index (χ1) is 15.9. The monoisotopic (exact) mass is 529 g/mol. The van der Waals surface area contributed by atoms with E-state index in [1.54, 1.807) is 36.6 Å². The van der Waals surface area contributed by atoms with E-state index in [1.165, 1.54) is 24.3 Å². The van der Waals surface area contributed by atoms with Crippen LogP contribution in [0, 0.1) is 5.82 Å². The lowest BCUT2D eigenvalue weighted by molar-refractivity contribution is -0.115. The Bertz CT molecular complexity index is 1400. The number of halogens is 2. The van der Waals surface area contributed by atoms with Crippen molar-refractivity contribution in [1.82, 2.24) is 9.78 Å². The number of nitrogens with zero attached hydrogens (tertiary/aromatic N) is 2. The highest BCUT2D eigenvalue weighted by molar-refractivity contribution is 9.10. The number of hydrogen-bond donors (Lipinski definition) is 1. The van der Waals surface area contributed by atoms with Crippen molar-refractivity contribution in [3.63, 3.8) is 0 Å². The number of nitrogens with one attached hydrogen (secondary N) is 1. The molecule has 7 nitrogen and oxygen atoms in total. The van der Waals surface area contributed by atoms with Crippen molar-refractivity contribution in [2.45, 2.75) is 13.3 Å². The van der Waals surface area contributed by atoms with E-state index in [1.807, 2.05) is 0 Å². The third kappa shape index (κ3) is 4.86. The molecule has 0 aliphatic rings. The number of hydrogen-bond acceptors (Lipinski definition) is 6. The lowest BCUT2D eigenvalue weighted by atomic mass is 10.1. The molecule has 4 aromatic rings. The summed E-state index contributed by atoms with van der Waals surface area (Å²) in [4.78, 5) is 38.6. The highest BCUT2D eigenvalue weighted by Gasteiger charge is 2.23. The largest absolute Gasteiger partial charge is 0.461 e. The molecule has 0 radical (unpaired) electrons. The molecule has 1 amide bonds. The topological polar surface area (TPSA) is 90.3 Å². The number of ether oxygens (including phenoxy) is 1. The molecule has 0 fully saturated rings. The third-order valence-corrected chi connectivity index (χ3v) is 6.15. The van der Waals surface area contributed by atoms with Crippen LogP contribution in [-0.4, -0.2) is 28.3 Å². The van der Waals surface area contributed by atoms with Crippen LogP contribution in [0.25, 0.3) is 16.5 Å². The summed E-state index contributed by atoms with van der Waals surface area (Å²) in [5.41, 5.74) is 0.560. The number of benzene rings is 2. The van der Waals surface area contributed by atoms with E-state index in [0.717, 1.165) is 20.5 Å². The van der Waals surface area contributed by atoms with Crippen LogP contribution >= 0.6 is 27.3 Å². The van der Waals surface area contributed by atoms with Gasteiger partial charge >= 0.3 is 5.97 Å². The molecule has 0 atom stereocenters. The van der Waals surface area contributed by atoms with Crippen molar-refractivity contribution in [1.29, 1.82) is 0 Å². The minimum absolute atomic E-state index is 0.00358. The molecule has 2 aromatic carbocycles. The lowest BCUT2D eigenvalue weighted by Gasteiger charge is -2.10. The van der Waals surface area contributed by atoms with Crippen LogP contribution in [0.15, 0.2) is 63.2 Å². The normalized spacial score (nSPS) is 10.9. The molecule has 0 saturated carbocycles. The van der Waals surface area contributed by atoms with Gasteiger partial charge in [-0.15, -0.1) is 11.3 Å². The molecule has 1 N–H and O–H groups in total. The smallest absolute Gasteiger partial charge is 0.359 e. The molecule has 2 heterocycles. The molecule has 0 spiro atoms. The Kier molecular flexibility index (Phi) is 6.66. The van der Waals surface area contributed by atoms with Crippen LogP contribution in [-0.2, 0) is 16.0 Å². The Morgan fingerprint density at radius 1 is 1.15 bits per heavy atom. The van der Waals surface area contributed by atoms with Crippen molar-refractivity contribution in [2.75, 3.05) is 11.9 Å². The Balaban J connectivity index is 1.78. The first-order valence-electron chi connectivity index (χ1n) is 9.89. The first kappa shape index (κ1) is 22.8. The fraction of sp³-hybridized carbons (Fsp3) is 0.130. The highest BCUT2D eigenvalue weighted by atomic mass is 79.9. The number of fused-ring (bicyclic) bond motifs is 1. The van der Waals surface area contributed by atoms with Crippen molar-refractivity contribution in [2.24, 2.45) is 0 Å². The minimum atomic E-state index is -0.671. The zero-order valence-electron chi connectivity index (χ0n) is 17.3. The van der Waals surface area contributed by atoms with Crippen LogP contribution < -0.4 is 10.9 Å². The molecule has 10 heteroatoms. The Morgan fingerprint density at radius 3 is 2.52 bits per heavy atom. The average molecular weight is 530 g/mol. The zero-order valence-corrected chi connectivity index (χ0v) is 19.7. The summed E-state index contributed by atoms with van der Waals surface area (Å²) >= 11 is 4.46. The molecule has 2 aromatic heterocycles. The summed E-state index contributed by atoms with van der Waals surface area (Å²) in [5.74, 6) is -1.44. The number of esters is 1. The molecule has 0 aliphatic carbocycles. The van der Waals surface area contributed by atoms with E-state index in [-0.39, 0.29) is 30.0 Å². The predicted molar refractivity (Wildman–Crippen MR) is 128 cm³/mol. The fourth-order valence-electron chi connectivity index (χ4n) is 3.21. The first-order valence-corrected chi connectivity index (χ1v) is 11.6. The van der Waals surface area contributed by atoms with Gasteiger partial charge < -0.3 is 10.1 Å². The van der Waals surface area contributed by atoms with Gasteiger partial charge in [-0.3, -0.25) is 9.59 Å². The quantitative estimate of drug-likeness (QED) is 0.365. The Morgan fingerprint density at radius 2 is 1.85 bits per heavy atom. The van der Waals surface area contributed by atoms with Crippen molar-refractivity contribution in [3.05, 3.63) is 85.8 Å². The maximum atomic E-state index is 13.4. The van der Waals surface area contributed by atoms with Gasteiger partial charge in [0.25, 0.3) is 5.56 Å². The van der Waals surface area contributed by atoms with Crippen molar-refractivity contribution < 1.29 is 18.7 Å². The number of thiophene rings is 1. The lowest BCUT2D eigenvalue weighted by Crippen LogP contribution is -2.25. The van der Waals surface area contributed by atoms with Gasteiger partial charge in [0, 0.05) is 15.2 Å². The van der Waals surface area contributed by atoms with Gasteiger partial charge in [-0.2, -0.15) is 9.78 Å². The van der Waals surface area contributed by atoms with Crippen molar-refractivity contribution in [3.8, 4) is 5.69 Å². The minimum Gasteiger partial charge on any atom is -0.461 e. The zero-order chi connectivity index (χ0) is 23.5. The van der Waals surface area contributed by atoms with E-state index in [4.69, 9.17) is 4.74 Å².